The van der Waals surface area contributed by atoms with E-state index in [1.54, 1.807) is 19.2 Å². The lowest BCUT2D eigenvalue weighted by atomic mass is 10.1. The van der Waals surface area contributed by atoms with Gasteiger partial charge in [0.05, 0.1) is 17.9 Å². The zero-order valence-corrected chi connectivity index (χ0v) is 17.6. The summed E-state index contributed by atoms with van der Waals surface area (Å²) in [5.74, 6) is 0.807. The second-order valence-corrected chi connectivity index (χ2v) is 7.12. The first kappa shape index (κ1) is 20.9. The standard InChI is InChI=1S/C23H22BrNO4/c1-27-13-14-28-21-12-11-18(24)15-19(21)23(26)25-20-9-5-6-10-22(20)29-16-17-7-3-2-4-8-17/h2-12,15H,13-14,16H2,1H3,(H,25,26). The molecule has 0 saturated heterocycles. The molecule has 5 nitrogen and oxygen atoms in total. The second-order valence-electron chi connectivity index (χ2n) is 6.21. The number of benzene rings is 3. The first-order valence-electron chi connectivity index (χ1n) is 9.16. The van der Waals surface area contributed by atoms with Gasteiger partial charge in [-0.2, -0.15) is 0 Å². The lowest BCUT2D eigenvalue weighted by Gasteiger charge is -2.15. The molecular weight excluding hydrogens is 434 g/mol. The molecule has 1 amide bonds. The maximum absolute atomic E-state index is 12.9. The number of carbonyl (C=O) groups is 1. The van der Waals surface area contributed by atoms with E-state index in [1.165, 1.54) is 0 Å². The SMILES string of the molecule is COCCOc1ccc(Br)cc1C(=O)Nc1ccccc1OCc1ccccc1. The Morgan fingerprint density at radius 1 is 0.897 bits per heavy atom. The van der Waals surface area contributed by atoms with Crippen molar-refractivity contribution in [3.05, 3.63) is 88.4 Å². The summed E-state index contributed by atoms with van der Waals surface area (Å²) in [5, 5.41) is 2.93. The van der Waals surface area contributed by atoms with Gasteiger partial charge < -0.3 is 19.5 Å². The summed E-state index contributed by atoms with van der Waals surface area (Å²) >= 11 is 3.41. The third kappa shape index (κ3) is 6.07. The minimum Gasteiger partial charge on any atom is -0.490 e. The fourth-order valence-corrected chi connectivity index (χ4v) is 3.02. The molecule has 0 aliphatic rings. The van der Waals surface area contributed by atoms with Crippen LogP contribution in [0.15, 0.2) is 77.3 Å². The zero-order chi connectivity index (χ0) is 20.5. The first-order valence-corrected chi connectivity index (χ1v) is 9.95. The lowest BCUT2D eigenvalue weighted by molar-refractivity contribution is 0.101. The summed E-state index contributed by atoms with van der Waals surface area (Å²) in [6, 6.07) is 22.5. The van der Waals surface area contributed by atoms with Crippen LogP contribution >= 0.6 is 15.9 Å². The quantitative estimate of drug-likeness (QED) is 0.444. The summed E-state index contributed by atoms with van der Waals surface area (Å²) in [6.07, 6.45) is 0. The molecule has 0 bridgehead atoms. The summed E-state index contributed by atoms with van der Waals surface area (Å²) in [4.78, 5) is 12.9. The van der Waals surface area contributed by atoms with Crippen LogP contribution in [-0.4, -0.2) is 26.2 Å². The molecule has 3 aromatic carbocycles. The third-order valence-electron chi connectivity index (χ3n) is 4.10. The Hall–Kier alpha value is -2.83. The Labute approximate surface area is 178 Å². The zero-order valence-electron chi connectivity index (χ0n) is 16.1. The Kier molecular flexibility index (Phi) is 7.67. The van der Waals surface area contributed by atoms with Crippen molar-refractivity contribution >= 4 is 27.5 Å². The average molecular weight is 456 g/mol. The summed E-state index contributed by atoms with van der Waals surface area (Å²) in [5.41, 5.74) is 2.07. The van der Waals surface area contributed by atoms with Gasteiger partial charge in [0.1, 0.15) is 24.7 Å². The molecule has 0 saturated carbocycles. The van der Waals surface area contributed by atoms with Crippen molar-refractivity contribution < 1.29 is 19.0 Å². The minimum atomic E-state index is -0.283. The van der Waals surface area contributed by atoms with E-state index in [-0.39, 0.29) is 5.91 Å². The molecular formula is C23H22BrNO4. The Morgan fingerprint density at radius 3 is 2.45 bits per heavy atom. The molecule has 150 valence electrons. The van der Waals surface area contributed by atoms with Gasteiger partial charge in [0.15, 0.2) is 0 Å². The largest absolute Gasteiger partial charge is 0.490 e. The molecule has 0 spiro atoms. The number of methoxy groups -OCH3 is 1. The van der Waals surface area contributed by atoms with Crippen molar-refractivity contribution in [2.24, 2.45) is 0 Å². The van der Waals surface area contributed by atoms with Crippen molar-refractivity contribution in [3.63, 3.8) is 0 Å². The van der Waals surface area contributed by atoms with Gasteiger partial charge in [-0.3, -0.25) is 4.79 Å². The van der Waals surface area contributed by atoms with E-state index in [0.717, 1.165) is 10.0 Å². The van der Waals surface area contributed by atoms with Crippen LogP contribution in [0.25, 0.3) is 0 Å². The number of ether oxygens (including phenoxy) is 3. The fraction of sp³-hybridized carbons (Fsp3) is 0.174. The van der Waals surface area contributed by atoms with Crippen LogP contribution in [0.4, 0.5) is 5.69 Å². The van der Waals surface area contributed by atoms with Crippen molar-refractivity contribution in [1.82, 2.24) is 0 Å². The number of para-hydroxylation sites is 2. The number of hydrogen-bond acceptors (Lipinski definition) is 4. The van der Waals surface area contributed by atoms with E-state index in [9.17, 15) is 4.79 Å². The number of rotatable bonds is 9. The van der Waals surface area contributed by atoms with Crippen LogP contribution in [0, 0.1) is 0 Å². The van der Waals surface area contributed by atoms with Gasteiger partial charge in [0.2, 0.25) is 0 Å². The van der Waals surface area contributed by atoms with E-state index in [2.05, 4.69) is 21.2 Å². The Bertz CT molecular complexity index is 947. The van der Waals surface area contributed by atoms with Gasteiger partial charge in [-0.05, 0) is 35.9 Å². The Morgan fingerprint density at radius 2 is 1.66 bits per heavy atom. The van der Waals surface area contributed by atoms with Gasteiger partial charge in [0, 0.05) is 11.6 Å². The third-order valence-corrected chi connectivity index (χ3v) is 4.60. The van der Waals surface area contributed by atoms with Crippen molar-refractivity contribution in [3.8, 4) is 11.5 Å². The number of halogens is 1. The second kappa shape index (κ2) is 10.6. The number of nitrogens with one attached hydrogen (secondary N) is 1. The van der Waals surface area contributed by atoms with E-state index in [1.807, 2.05) is 60.7 Å². The van der Waals surface area contributed by atoms with Crippen LogP contribution in [0.2, 0.25) is 0 Å². The van der Waals surface area contributed by atoms with E-state index >= 15 is 0 Å². The predicted molar refractivity (Wildman–Crippen MR) is 117 cm³/mol. The molecule has 0 aromatic heterocycles. The molecule has 0 heterocycles. The van der Waals surface area contributed by atoms with Gasteiger partial charge in [-0.25, -0.2) is 0 Å². The Balaban J connectivity index is 1.75. The van der Waals surface area contributed by atoms with Gasteiger partial charge in [0.25, 0.3) is 5.91 Å². The molecule has 0 atom stereocenters. The maximum atomic E-state index is 12.9. The van der Waals surface area contributed by atoms with Crippen LogP contribution in [0.3, 0.4) is 0 Å². The molecule has 0 aliphatic heterocycles. The topological polar surface area (TPSA) is 56.8 Å². The van der Waals surface area contributed by atoms with E-state index < -0.39 is 0 Å². The summed E-state index contributed by atoms with van der Waals surface area (Å²) < 4.78 is 17.4. The number of amides is 1. The van der Waals surface area contributed by atoms with Crippen LogP contribution in [-0.2, 0) is 11.3 Å². The number of carbonyl (C=O) groups excluding carboxylic acids is 1. The van der Waals surface area contributed by atoms with Crippen molar-refractivity contribution in [2.45, 2.75) is 6.61 Å². The molecule has 29 heavy (non-hydrogen) atoms. The highest BCUT2D eigenvalue weighted by Crippen LogP contribution is 2.28. The summed E-state index contributed by atoms with van der Waals surface area (Å²) in [7, 11) is 1.60. The van der Waals surface area contributed by atoms with E-state index in [0.29, 0.717) is 42.6 Å². The molecule has 6 heteroatoms. The lowest BCUT2D eigenvalue weighted by Crippen LogP contribution is -2.15. The van der Waals surface area contributed by atoms with E-state index in [4.69, 9.17) is 14.2 Å². The molecule has 0 radical (unpaired) electrons. The highest BCUT2D eigenvalue weighted by atomic mass is 79.9. The van der Waals surface area contributed by atoms with Gasteiger partial charge in [-0.1, -0.05) is 58.4 Å². The van der Waals surface area contributed by atoms with Gasteiger partial charge in [-0.15, -0.1) is 0 Å². The molecule has 0 fully saturated rings. The van der Waals surface area contributed by atoms with Gasteiger partial charge >= 0.3 is 0 Å². The van der Waals surface area contributed by atoms with Crippen LogP contribution < -0.4 is 14.8 Å². The van der Waals surface area contributed by atoms with Crippen molar-refractivity contribution in [2.75, 3.05) is 25.6 Å². The highest BCUT2D eigenvalue weighted by molar-refractivity contribution is 9.10. The average Bonchev–Trinajstić information content (AvgIpc) is 2.75. The molecule has 0 aliphatic carbocycles. The predicted octanol–water partition coefficient (Wildman–Crippen LogP) is 5.31. The normalized spacial score (nSPS) is 10.4. The minimum absolute atomic E-state index is 0.283. The number of anilines is 1. The summed E-state index contributed by atoms with van der Waals surface area (Å²) in [6.45, 7) is 1.21. The molecule has 3 aromatic rings. The highest BCUT2D eigenvalue weighted by Gasteiger charge is 2.16. The maximum Gasteiger partial charge on any atom is 0.259 e. The van der Waals surface area contributed by atoms with Crippen LogP contribution in [0.1, 0.15) is 15.9 Å². The smallest absolute Gasteiger partial charge is 0.259 e. The molecule has 3 rings (SSSR count). The monoisotopic (exact) mass is 455 g/mol. The first-order chi connectivity index (χ1) is 14.2. The fourth-order valence-electron chi connectivity index (χ4n) is 2.66. The number of hydrogen-bond donors (Lipinski definition) is 1. The molecule has 0 unspecified atom stereocenters. The van der Waals surface area contributed by atoms with Crippen molar-refractivity contribution in [1.29, 1.82) is 0 Å². The molecule has 1 N–H and O–H groups in total. The van der Waals surface area contributed by atoms with Crippen LogP contribution in [0.5, 0.6) is 11.5 Å².